The van der Waals surface area contributed by atoms with Crippen LogP contribution in [0.15, 0.2) is 30.6 Å². The number of nitrogens with one attached hydrogen (secondary N) is 1. The Kier molecular flexibility index (Phi) is 7.93. The number of nitrogens with zero attached hydrogens (tertiary/aromatic N) is 5. The average Bonchev–Trinajstić information content (AvgIpc) is 3.29. The van der Waals surface area contributed by atoms with E-state index in [0.29, 0.717) is 41.7 Å². The number of aryl methyl sites for hydroxylation is 1. The Morgan fingerprint density at radius 3 is 2.29 bits per heavy atom. The van der Waals surface area contributed by atoms with Gasteiger partial charge in [-0.25, -0.2) is 26.8 Å². The van der Waals surface area contributed by atoms with Gasteiger partial charge in [0, 0.05) is 24.2 Å². The molecule has 2 unspecified atom stereocenters. The van der Waals surface area contributed by atoms with Crippen molar-refractivity contribution in [1.29, 1.82) is 0 Å². The highest BCUT2D eigenvalue weighted by Gasteiger charge is 2.35. The fraction of sp³-hybridized carbons (Fsp3) is 0.500. The minimum atomic E-state index is -4.03. The standard InChI is InChI=1S/C24H32N6O6S2/c1-15-12-25-22(26-13-15)16(2)17(3)38(33,34)29-24-28-27-23(18-8-7-11-37(31,32)14-18)30(24)21-19(35-4)9-6-10-20(21)36-5/h6,9-10,12-13,16-18H,7-8,11,14H2,1-5H3,(H,28,29)/t16?,17?,18-/m1/s1. The molecule has 1 aliphatic heterocycles. The van der Waals surface area contributed by atoms with Crippen molar-refractivity contribution in [1.82, 2.24) is 24.7 Å². The third-order valence-electron chi connectivity index (χ3n) is 6.78. The lowest BCUT2D eigenvalue weighted by Crippen LogP contribution is -2.32. The van der Waals surface area contributed by atoms with Gasteiger partial charge in [0.1, 0.15) is 28.8 Å². The van der Waals surface area contributed by atoms with E-state index in [1.807, 2.05) is 6.92 Å². The van der Waals surface area contributed by atoms with Crippen molar-refractivity contribution >= 4 is 25.8 Å². The van der Waals surface area contributed by atoms with Crippen LogP contribution in [0.5, 0.6) is 11.5 Å². The van der Waals surface area contributed by atoms with Gasteiger partial charge >= 0.3 is 0 Å². The second-order valence-corrected chi connectivity index (χ2v) is 13.7. The number of hydrogen-bond acceptors (Lipinski definition) is 10. The third kappa shape index (κ3) is 5.60. The highest BCUT2D eigenvalue weighted by atomic mass is 32.2. The van der Waals surface area contributed by atoms with Crippen LogP contribution in [0.3, 0.4) is 0 Å². The van der Waals surface area contributed by atoms with Crippen LogP contribution in [0, 0.1) is 6.92 Å². The van der Waals surface area contributed by atoms with E-state index >= 15 is 0 Å². The largest absolute Gasteiger partial charge is 0.494 e. The van der Waals surface area contributed by atoms with Crippen LogP contribution >= 0.6 is 0 Å². The van der Waals surface area contributed by atoms with Gasteiger partial charge in [0.15, 0.2) is 9.84 Å². The minimum Gasteiger partial charge on any atom is -0.494 e. The zero-order valence-corrected chi connectivity index (χ0v) is 23.6. The van der Waals surface area contributed by atoms with E-state index in [9.17, 15) is 16.8 Å². The van der Waals surface area contributed by atoms with Crippen LogP contribution in [0.25, 0.3) is 5.69 Å². The number of rotatable bonds is 9. The molecule has 3 heterocycles. The molecule has 206 valence electrons. The van der Waals surface area contributed by atoms with Gasteiger partial charge in [-0.1, -0.05) is 13.0 Å². The van der Waals surface area contributed by atoms with Gasteiger partial charge in [0.2, 0.25) is 16.0 Å². The molecule has 0 aliphatic carbocycles. The van der Waals surface area contributed by atoms with Crippen molar-refractivity contribution in [3.05, 3.63) is 47.8 Å². The van der Waals surface area contributed by atoms with Crippen molar-refractivity contribution in [2.24, 2.45) is 0 Å². The lowest BCUT2D eigenvalue weighted by atomic mass is 10.0. The van der Waals surface area contributed by atoms with Crippen molar-refractivity contribution in [3.8, 4) is 17.2 Å². The normalized spacial score (nSPS) is 18.9. The van der Waals surface area contributed by atoms with Crippen LogP contribution in [0.1, 0.15) is 55.7 Å². The number of ether oxygens (including phenoxy) is 2. The van der Waals surface area contributed by atoms with Gasteiger partial charge in [0.05, 0.1) is 31.0 Å². The number of anilines is 1. The fourth-order valence-electron chi connectivity index (χ4n) is 4.46. The van der Waals surface area contributed by atoms with Crippen molar-refractivity contribution in [2.75, 3.05) is 30.4 Å². The Hall–Kier alpha value is -3.26. The molecule has 4 rings (SSSR count). The Morgan fingerprint density at radius 2 is 1.71 bits per heavy atom. The van der Waals surface area contributed by atoms with E-state index < -0.39 is 36.9 Å². The topological polar surface area (TPSA) is 155 Å². The molecule has 1 aromatic carbocycles. The van der Waals surface area contributed by atoms with Gasteiger partial charge in [0.25, 0.3) is 0 Å². The Balaban J connectivity index is 1.80. The van der Waals surface area contributed by atoms with Gasteiger partial charge < -0.3 is 9.47 Å². The Morgan fingerprint density at radius 1 is 1.08 bits per heavy atom. The first kappa shape index (κ1) is 27.8. The van der Waals surface area contributed by atoms with Gasteiger partial charge in [-0.2, -0.15) is 0 Å². The highest BCUT2D eigenvalue weighted by molar-refractivity contribution is 7.93. The maximum Gasteiger partial charge on any atom is 0.243 e. The smallest absolute Gasteiger partial charge is 0.243 e. The van der Waals surface area contributed by atoms with Crippen molar-refractivity contribution in [2.45, 2.75) is 50.7 Å². The zero-order chi connectivity index (χ0) is 27.7. The third-order valence-corrected chi connectivity index (χ3v) is 10.5. The molecule has 0 spiro atoms. The lowest BCUT2D eigenvalue weighted by Gasteiger charge is -2.24. The molecular formula is C24H32N6O6S2. The second kappa shape index (κ2) is 10.8. The molecule has 0 bridgehead atoms. The summed E-state index contributed by atoms with van der Waals surface area (Å²) in [7, 11) is -4.38. The molecule has 0 saturated carbocycles. The van der Waals surface area contributed by atoms with E-state index in [0.717, 1.165) is 5.56 Å². The summed E-state index contributed by atoms with van der Waals surface area (Å²) in [6, 6.07) is 5.11. The number of aromatic nitrogens is 5. The number of methoxy groups -OCH3 is 2. The minimum absolute atomic E-state index is 0.102. The summed E-state index contributed by atoms with van der Waals surface area (Å²) in [4.78, 5) is 8.57. The summed E-state index contributed by atoms with van der Waals surface area (Å²) in [6.07, 6.45) is 4.30. The number of hydrogen-bond donors (Lipinski definition) is 1. The first-order valence-electron chi connectivity index (χ1n) is 12.1. The summed E-state index contributed by atoms with van der Waals surface area (Å²) in [6.45, 7) is 5.15. The summed E-state index contributed by atoms with van der Waals surface area (Å²) in [5.74, 6) is 0.303. The number of para-hydroxylation sites is 1. The molecule has 0 radical (unpaired) electrons. The van der Waals surface area contributed by atoms with Crippen LogP contribution in [-0.4, -0.2) is 72.5 Å². The molecule has 1 saturated heterocycles. The predicted molar refractivity (Wildman–Crippen MR) is 142 cm³/mol. The van der Waals surface area contributed by atoms with Gasteiger partial charge in [-0.05, 0) is 44.4 Å². The summed E-state index contributed by atoms with van der Waals surface area (Å²) < 4.78 is 67.2. The van der Waals surface area contributed by atoms with Crippen molar-refractivity contribution in [3.63, 3.8) is 0 Å². The van der Waals surface area contributed by atoms with E-state index in [4.69, 9.17) is 9.47 Å². The summed E-state index contributed by atoms with van der Waals surface area (Å²) in [5, 5.41) is 7.50. The van der Waals surface area contributed by atoms with E-state index in [1.165, 1.54) is 18.8 Å². The summed E-state index contributed by atoms with van der Waals surface area (Å²) >= 11 is 0. The number of benzene rings is 1. The lowest BCUT2D eigenvalue weighted by molar-refractivity contribution is 0.390. The molecular weight excluding hydrogens is 532 g/mol. The molecule has 38 heavy (non-hydrogen) atoms. The first-order chi connectivity index (χ1) is 18.0. The van der Waals surface area contributed by atoms with Crippen LogP contribution in [-0.2, 0) is 19.9 Å². The van der Waals surface area contributed by atoms with E-state index in [2.05, 4.69) is 24.9 Å². The zero-order valence-electron chi connectivity index (χ0n) is 21.9. The Labute approximate surface area is 222 Å². The molecule has 14 heteroatoms. The number of sulfonamides is 1. The quantitative estimate of drug-likeness (QED) is 0.410. The molecule has 1 aliphatic rings. The van der Waals surface area contributed by atoms with Gasteiger partial charge in [-0.3, -0.25) is 9.29 Å². The van der Waals surface area contributed by atoms with Gasteiger partial charge in [-0.15, -0.1) is 10.2 Å². The van der Waals surface area contributed by atoms with E-state index in [-0.39, 0.29) is 17.5 Å². The SMILES string of the molecule is COc1cccc(OC)c1-n1c(NS(=O)(=O)C(C)C(C)c2ncc(C)cn2)nnc1[C@@H]1CCCS(=O)(=O)C1. The molecule has 3 atom stereocenters. The molecule has 12 nitrogen and oxygen atoms in total. The van der Waals surface area contributed by atoms with Crippen LogP contribution in [0.4, 0.5) is 5.95 Å². The molecule has 1 N–H and O–H groups in total. The fourth-order valence-corrected chi connectivity index (χ4v) is 7.40. The van der Waals surface area contributed by atoms with Crippen LogP contribution in [0.2, 0.25) is 0 Å². The Bertz CT molecular complexity index is 1480. The predicted octanol–water partition coefficient (Wildman–Crippen LogP) is 2.61. The molecule has 0 amide bonds. The molecule has 1 fully saturated rings. The molecule has 2 aromatic heterocycles. The first-order valence-corrected chi connectivity index (χ1v) is 15.5. The number of sulfone groups is 1. The second-order valence-electron chi connectivity index (χ2n) is 9.44. The van der Waals surface area contributed by atoms with Crippen molar-refractivity contribution < 1.29 is 26.3 Å². The maximum atomic E-state index is 13.6. The summed E-state index contributed by atoms with van der Waals surface area (Å²) in [5.41, 5.74) is 1.23. The highest BCUT2D eigenvalue weighted by Crippen LogP contribution is 2.39. The van der Waals surface area contributed by atoms with Crippen LogP contribution < -0.4 is 14.2 Å². The average molecular weight is 565 g/mol. The maximum absolute atomic E-state index is 13.6. The monoisotopic (exact) mass is 564 g/mol. The van der Waals surface area contributed by atoms with E-state index in [1.54, 1.807) is 44.4 Å². The molecule has 3 aromatic rings.